The summed E-state index contributed by atoms with van der Waals surface area (Å²) >= 11 is 1.20. The van der Waals surface area contributed by atoms with Crippen molar-refractivity contribution in [3.05, 3.63) is 6.20 Å². The molecule has 2 aliphatic rings. The average molecular weight is 238 g/mol. The monoisotopic (exact) mass is 238 g/mol. The standard InChI is InChI=1S/C10H14N4OS/c11-9-6-2-1-5(3-6)8(9)10(15)13-7-4-12-14-16-7/h4-6,8-9H,1-3,11H2,(H,13,15). The fourth-order valence-electron chi connectivity index (χ4n) is 3.15. The zero-order valence-corrected chi connectivity index (χ0v) is 9.61. The maximum atomic E-state index is 12.1. The number of hydrogen-bond donors (Lipinski definition) is 2. The minimum atomic E-state index is -0.0131. The summed E-state index contributed by atoms with van der Waals surface area (Å²) in [4.78, 5) is 12.1. The van der Waals surface area contributed by atoms with Crippen molar-refractivity contribution in [3.8, 4) is 0 Å². The Morgan fingerprint density at radius 2 is 2.31 bits per heavy atom. The van der Waals surface area contributed by atoms with Gasteiger partial charge in [-0.3, -0.25) is 4.79 Å². The third-order valence-corrected chi connectivity index (χ3v) is 4.47. The van der Waals surface area contributed by atoms with Crippen molar-refractivity contribution in [3.63, 3.8) is 0 Å². The lowest BCUT2D eigenvalue weighted by Crippen LogP contribution is -2.42. The number of anilines is 1. The van der Waals surface area contributed by atoms with Gasteiger partial charge in [-0.15, -0.1) is 5.10 Å². The van der Waals surface area contributed by atoms with E-state index in [1.807, 2.05) is 0 Å². The zero-order chi connectivity index (χ0) is 11.1. The van der Waals surface area contributed by atoms with Gasteiger partial charge in [0.1, 0.15) is 5.00 Å². The van der Waals surface area contributed by atoms with Crippen molar-refractivity contribution in [2.24, 2.45) is 23.5 Å². The van der Waals surface area contributed by atoms with Crippen LogP contribution in [0.15, 0.2) is 6.20 Å². The molecule has 2 aliphatic carbocycles. The maximum Gasteiger partial charge on any atom is 0.230 e. The molecule has 2 saturated carbocycles. The highest BCUT2D eigenvalue weighted by atomic mass is 32.1. The molecule has 5 nitrogen and oxygen atoms in total. The lowest BCUT2D eigenvalue weighted by molar-refractivity contribution is -0.121. The van der Waals surface area contributed by atoms with Crippen molar-refractivity contribution in [1.82, 2.24) is 9.59 Å². The van der Waals surface area contributed by atoms with E-state index in [0.29, 0.717) is 16.8 Å². The van der Waals surface area contributed by atoms with Crippen molar-refractivity contribution in [2.75, 3.05) is 5.32 Å². The molecule has 0 aliphatic heterocycles. The molecule has 4 unspecified atom stereocenters. The summed E-state index contributed by atoms with van der Waals surface area (Å²) in [6.07, 6.45) is 5.04. The van der Waals surface area contributed by atoms with E-state index in [1.54, 1.807) is 6.20 Å². The molecule has 1 aromatic rings. The molecule has 6 heteroatoms. The van der Waals surface area contributed by atoms with Gasteiger partial charge >= 0.3 is 0 Å². The number of rotatable bonds is 2. The predicted octanol–water partition coefficient (Wildman–Crippen LogP) is 0.850. The Kier molecular flexibility index (Phi) is 2.40. The third kappa shape index (κ3) is 1.53. The van der Waals surface area contributed by atoms with Crippen molar-refractivity contribution >= 4 is 22.4 Å². The van der Waals surface area contributed by atoms with Gasteiger partial charge in [-0.2, -0.15) is 0 Å². The van der Waals surface area contributed by atoms with Crippen molar-refractivity contribution in [2.45, 2.75) is 25.3 Å². The van der Waals surface area contributed by atoms with E-state index >= 15 is 0 Å². The largest absolute Gasteiger partial charge is 0.327 e. The van der Waals surface area contributed by atoms with Crippen LogP contribution in [-0.4, -0.2) is 21.5 Å². The zero-order valence-electron chi connectivity index (χ0n) is 8.80. The van der Waals surface area contributed by atoms with E-state index < -0.39 is 0 Å². The van der Waals surface area contributed by atoms with Crippen LogP contribution in [0.2, 0.25) is 0 Å². The molecule has 3 rings (SSSR count). The van der Waals surface area contributed by atoms with Crippen LogP contribution < -0.4 is 11.1 Å². The molecule has 1 amide bonds. The minimum Gasteiger partial charge on any atom is -0.327 e. The van der Waals surface area contributed by atoms with Crippen LogP contribution in [0.3, 0.4) is 0 Å². The summed E-state index contributed by atoms with van der Waals surface area (Å²) in [7, 11) is 0. The second kappa shape index (κ2) is 3.78. The van der Waals surface area contributed by atoms with Gasteiger partial charge in [0.15, 0.2) is 0 Å². The number of nitrogens with one attached hydrogen (secondary N) is 1. The molecule has 16 heavy (non-hydrogen) atoms. The molecular weight excluding hydrogens is 224 g/mol. The molecule has 1 aromatic heterocycles. The van der Waals surface area contributed by atoms with Crippen LogP contribution in [0, 0.1) is 17.8 Å². The van der Waals surface area contributed by atoms with Gasteiger partial charge in [0.2, 0.25) is 5.91 Å². The number of fused-ring (bicyclic) bond motifs is 2. The predicted molar refractivity (Wildman–Crippen MR) is 60.8 cm³/mol. The van der Waals surface area contributed by atoms with Gasteiger partial charge in [0.05, 0.1) is 12.1 Å². The molecule has 1 heterocycles. The summed E-state index contributed by atoms with van der Waals surface area (Å²) < 4.78 is 3.71. The van der Waals surface area contributed by atoms with E-state index in [0.717, 1.165) is 12.8 Å². The van der Waals surface area contributed by atoms with Gasteiger partial charge in [0, 0.05) is 17.6 Å². The molecule has 4 atom stereocenters. The number of aromatic nitrogens is 2. The first-order valence-corrected chi connectivity index (χ1v) is 6.37. The van der Waals surface area contributed by atoms with E-state index in [9.17, 15) is 4.79 Å². The van der Waals surface area contributed by atoms with Crippen LogP contribution in [-0.2, 0) is 4.79 Å². The highest BCUT2D eigenvalue weighted by Crippen LogP contribution is 2.47. The highest BCUT2D eigenvalue weighted by molar-refractivity contribution is 7.10. The third-order valence-electron chi connectivity index (χ3n) is 3.89. The fraction of sp³-hybridized carbons (Fsp3) is 0.700. The van der Waals surface area contributed by atoms with Gasteiger partial charge in [-0.05, 0) is 31.1 Å². The Bertz CT molecular complexity index is 392. The summed E-state index contributed by atoms with van der Waals surface area (Å²) in [5, 5.41) is 7.25. The number of hydrogen-bond acceptors (Lipinski definition) is 5. The van der Waals surface area contributed by atoms with Crippen LogP contribution in [0.4, 0.5) is 5.00 Å². The molecule has 2 fully saturated rings. The first-order valence-electron chi connectivity index (χ1n) is 5.59. The van der Waals surface area contributed by atoms with E-state index in [4.69, 9.17) is 5.73 Å². The number of carbonyl (C=O) groups is 1. The number of amides is 1. The maximum absolute atomic E-state index is 12.1. The highest BCUT2D eigenvalue weighted by Gasteiger charge is 2.49. The van der Waals surface area contributed by atoms with Crippen LogP contribution in [0.1, 0.15) is 19.3 Å². The topological polar surface area (TPSA) is 80.9 Å². The summed E-state index contributed by atoms with van der Waals surface area (Å²) in [5.74, 6) is 1.08. The lowest BCUT2D eigenvalue weighted by Gasteiger charge is -2.26. The smallest absolute Gasteiger partial charge is 0.230 e. The quantitative estimate of drug-likeness (QED) is 0.800. The van der Waals surface area contributed by atoms with Gasteiger partial charge in [-0.1, -0.05) is 4.49 Å². The fourth-order valence-corrected chi connectivity index (χ4v) is 3.57. The molecule has 3 N–H and O–H groups in total. The van der Waals surface area contributed by atoms with Crippen LogP contribution in [0.25, 0.3) is 0 Å². The van der Waals surface area contributed by atoms with Gasteiger partial charge in [0.25, 0.3) is 0 Å². The second-order valence-corrected chi connectivity index (χ2v) is 5.49. The molecule has 0 saturated heterocycles. The summed E-state index contributed by atoms with van der Waals surface area (Å²) in [6, 6.07) is 0.0413. The van der Waals surface area contributed by atoms with Gasteiger partial charge < -0.3 is 11.1 Å². The summed E-state index contributed by atoms with van der Waals surface area (Å²) in [6.45, 7) is 0. The average Bonchev–Trinajstić information content (AvgIpc) is 2.92. The van der Waals surface area contributed by atoms with E-state index in [1.165, 1.54) is 18.0 Å². The molecule has 0 spiro atoms. The number of nitrogens with two attached hydrogens (primary N) is 1. The first kappa shape index (κ1) is 10.2. The van der Waals surface area contributed by atoms with E-state index in [-0.39, 0.29) is 17.9 Å². The van der Waals surface area contributed by atoms with E-state index in [2.05, 4.69) is 14.9 Å². The molecule has 0 aromatic carbocycles. The van der Waals surface area contributed by atoms with Crippen LogP contribution in [0.5, 0.6) is 0 Å². The minimum absolute atomic E-state index is 0.0131. The Hall–Kier alpha value is -1.01. The number of carbonyl (C=O) groups excluding carboxylic acids is 1. The molecular formula is C10H14N4OS. The Balaban J connectivity index is 1.71. The number of nitrogens with zero attached hydrogens (tertiary/aromatic N) is 2. The van der Waals surface area contributed by atoms with Crippen LogP contribution >= 0.6 is 11.5 Å². The SMILES string of the molecule is NC1C2CCC(C2)C1C(=O)Nc1cnns1. The second-order valence-electron chi connectivity index (χ2n) is 4.71. The summed E-state index contributed by atoms with van der Waals surface area (Å²) in [5.41, 5.74) is 6.11. The van der Waals surface area contributed by atoms with Crippen molar-refractivity contribution < 1.29 is 4.79 Å². The lowest BCUT2D eigenvalue weighted by atomic mass is 9.84. The Morgan fingerprint density at radius 1 is 1.50 bits per heavy atom. The normalized spacial score (nSPS) is 36.6. The molecule has 86 valence electrons. The van der Waals surface area contributed by atoms with Gasteiger partial charge in [-0.25, -0.2) is 0 Å². The first-order chi connectivity index (χ1) is 7.75. The molecule has 2 bridgehead atoms. The Labute approximate surface area is 97.6 Å². The Morgan fingerprint density at radius 3 is 2.94 bits per heavy atom. The molecule has 0 radical (unpaired) electrons. The van der Waals surface area contributed by atoms with Crippen molar-refractivity contribution in [1.29, 1.82) is 0 Å².